The van der Waals surface area contributed by atoms with Crippen LogP contribution in [0.2, 0.25) is 0 Å². The molecule has 1 aliphatic heterocycles. The molecule has 2 aromatic rings. The quantitative estimate of drug-likeness (QED) is 0.366. The van der Waals surface area contributed by atoms with Crippen LogP contribution in [0.3, 0.4) is 0 Å². The third kappa shape index (κ3) is 5.65. The van der Waals surface area contributed by atoms with Crippen molar-refractivity contribution in [3.8, 4) is 11.5 Å². The molecule has 9 heteroatoms. The van der Waals surface area contributed by atoms with Crippen LogP contribution in [0.5, 0.6) is 11.5 Å². The van der Waals surface area contributed by atoms with Gasteiger partial charge in [-0.1, -0.05) is 31.0 Å². The van der Waals surface area contributed by atoms with Crippen molar-refractivity contribution in [2.75, 3.05) is 20.2 Å². The molecule has 2 aromatic carbocycles. The molecule has 0 radical (unpaired) electrons. The molecule has 2 aliphatic carbocycles. The number of ether oxygens (including phenoxy) is 1. The number of carbonyl (C=O) groups is 2. The summed E-state index contributed by atoms with van der Waals surface area (Å²) in [4.78, 5) is 22.3. The van der Waals surface area contributed by atoms with Gasteiger partial charge in [0.05, 0.1) is 7.11 Å². The van der Waals surface area contributed by atoms with Gasteiger partial charge in [-0.05, 0) is 85.5 Å². The number of aliphatic carboxylic acids is 2. The number of nitrogens with zero attached hydrogens (tertiary/aromatic N) is 1. The number of phenols is 1. The molecule has 0 spiro atoms. The molecule has 1 heterocycles. The van der Waals surface area contributed by atoms with Gasteiger partial charge < -0.3 is 30.3 Å². The summed E-state index contributed by atoms with van der Waals surface area (Å²) in [5, 5.41) is 42.7. The maximum Gasteiger partial charge on any atom is 0.335 e. The smallest absolute Gasteiger partial charge is 0.335 e. The van der Waals surface area contributed by atoms with Crippen LogP contribution in [0.25, 0.3) is 0 Å². The van der Waals surface area contributed by atoms with Gasteiger partial charge in [0.1, 0.15) is 11.5 Å². The fourth-order valence-corrected chi connectivity index (χ4v) is 6.69. The van der Waals surface area contributed by atoms with E-state index >= 15 is 0 Å². The monoisotopic (exact) mass is 527 g/mol. The summed E-state index contributed by atoms with van der Waals surface area (Å²) in [6.45, 7) is 2.32. The number of aliphatic hydroxyl groups is 2. The number of hydrogen-bond donors (Lipinski definition) is 5. The van der Waals surface area contributed by atoms with Crippen LogP contribution in [0.15, 0.2) is 42.5 Å². The Balaban J connectivity index is 0.000000289. The van der Waals surface area contributed by atoms with Crippen LogP contribution < -0.4 is 4.74 Å². The molecule has 5 N–H and O–H groups in total. The van der Waals surface area contributed by atoms with E-state index in [1.807, 2.05) is 6.07 Å². The maximum atomic E-state index is 10.2. The van der Waals surface area contributed by atoms with Crippen molar-refractivity contribution in [3.63, 3.8) is 0 Å². The van der Waals surface area contributed by atoms with Crippen LogP contribution in [-0.2, 0) is 27.8 Å². The highest BCUT2D eigenvalue weighted by Crippen LogP contribution is 2.56. The van der Waals surface area contributed by atoms with E-state index in [-0.39, 0.29) is 0 Å². The largest absolute Gasteiger partial charge is 0.508 e. The van der Waals surface area contributed by atoms with Crippen LogP contribution in [0.4, 0.5) is 0 Å². The molecular formula is C29H37NO8. The molecule has 2 fully saturated rings. The van der Waals surface area contributed by atoms with Crippen LogP contribution in [-0.4, -0.2) is 80.8 Å². The molecule has 1 saturated carbocycles. The summed E-state index contributed by atoms with van der Waals surface area (Å²) >= 11 is 0. The second-order valence-electron chi connectivity index (χ2n) is 10.6. The van der Waals surface area contributed by atoms with Gasteiger partial charge in [0.25, 0.3) is 0 Å². The van der Waals surface area contributed by atoms with E-state index in [1.165, 1.54) is 55.3 Å². The van der Waals surface area contributed by atoms with E-state index < -0.39 is 24.1 Å². The first-order valence-corrected chi connectivity index (χ1v) is 13.2. The second-order valence-corrected chi connectivity index (χ2v) is 10.6. The summed E-state index contributed by atoms with van der Waals surface area (Å²) < 4.78 is 5.29. The number of carboxylic acid groups (broad SMARTS) is 2. The third-order valence-corrected chi connectivity index (χ3v) is 8.59. The summed E-state index contributed by atoms with van der Waals surface area (Å²) in [6, 6.07) is 15.4. The van der Waals surface area contributed by atoms with Gasteiger partial charge in [0.2, 0.25) is 0 Å². The summed E-state index contributed by atoms with van der Waals surface area (Å²) in [7, 11) is 1.72. The topological polar surface area (TPSA) is 148 Å². The summed E-state index contributed by atoms with van der Waals surface area (Å²) in [6.07, 6.45) is 4.30. The highest BCUT2D eigenvalue weighted by Gasteiger charge is 2.53. The molecule has 2 bridgehead atoms. The van der Waals surface area contributed by atoms with Crippen molar-refractivity contribution in [2.24, 2.45) is 5.92 Å². The number of hydrogen-bond acceptors (Lipinski definition) is 7. The number of rotatable bonds is 7. The number of carboxylic acids is 2. The highest BCUT2D eigenvalue weighted by atomic mass is 16.5. The van der Waals surface area contributed by atoms with Crippen molar-refractivity contribution in [1.29, 1.82) is 0 Å². The molecular weight excluding hydrogens is 490 g/mol. The van der Waals surface area contributed by atoms with Gasteiger partial charge >= 0.3 is 11.9 Å². The lowest BCUT2D eigenvalue weighted by Gasteiger charge is -2.59. The SMILES string of the molecule is COc1ccc(CCN2CC[C@]34CCCC[C@H]3[C@@H]2Cc2ccc(O)cc24)cc1.O=C(O)[C@H](O)[C@@H](O)C(=O)O. The van der Waals surface area contributed by atoms with Gasteiger partial charge in [-0.25, -0.2) is 9.59 Å². The van der Waals surface area contributed by atoms with Gasteiger partial charge in [0.15, 0.2) is 12.2 Å². The minimum Gasteiger partial charge on any atom is -0.508 e. The summed E-state index contributed by atoms with van der Waals surface area (Å²) in [5.74, 6) is -1.41. The molecule has 0 aromatic heterocycles. The first-order chi connectivity index (χ1) is 18.2. The lowest BCUT2D eigenvalue weighted by atomic mass is 9.52. The average molecular weight is 528 g/mol. The molecule has 5 atom stereocenters. The highest BCUT2D eigenvalue weighted by molar-refractivity contribution is 5.83. The van der Waals surface area contributed by atoms with E-state index in [1.54, 1.807) is 7.11 Å². The van der Waals surface area contributed by atoms with Crippen molar-refractivity contribution < 1.29 is 39.9 Å². The molecule has 0 amide bonds. The Bertz CT molecular complexity index is 1120. The molecule has 206 valence electrons. The Kier molecular flexibility index (Phi) is 8.60. The van der Waals surface area contributed by atoms with Crippen LogP contribution in [0, 0.1) is 5.92 Å². The van der Waals surface area contributed by atoms with Crippen molar-refractivity contribution in [1.82, 2.24) is 4.90 Å². The molecule has 38 heavy (non-hydrogen) atoms. The number of benzene rings is 2. The predicted molar refractivity (Wildman–Crippen MR) is 139 cm³/mol. The van der Waals surface area contributed by atoms with Gasteiger partial charge in [-0.2, -0.15) is 0 Å². The molecule has 3 aliphatic rings. The van der Waals surface area contributed by atoms with Crippen LogP contribution in [0.1, 0.15) is 48.8 Å². The van der Waals surface area contributed by atoms with Crippen LogP contribution >= 0.6 is 0 Å². The Labute approximate surface area is 222 Å². The van der Waals surface area contributed by atoms with E-state index in [0.717, 1.165) is 31.1 Å². The molecule has 0 unspecified atom stereocenters. The number of aromatic hydroxyl groups is 1. The first kappa shape index (κ1) is 27.9. The number of methoxy groups -OCH3 is 1. The minimum absolute atomic E-state index is 0.311. The first-order valence-electron chi connectivity index (χ1n) is 13.2. The van der Waals surface area contributed by atoms with E-state index in [4.69, 9.17) is 25.2 Å². The lowest BCUT2D eigenvalue weighted by Crippen LogP contribution is -2.61. The zero-order valence-corrected chi connectivity index (χ0v) is 21.6. The third-order valence-electron chi connectivity index (χ3n) is 8.59. The fourth-order valence-electron chi connectivity index (χ4n) is 6.69. The fraction of sp³-hybridized carbons (Fsp3) is 0.517. The predicted octanol–water partition coefficient (Wildman–Crippen LogP) is 2.58. The standard InChI is InChI=1S/C25H31NO2.C4H6O6/c1-28-21-9-5-18(6-10-21)11-14-26-15-13-25-12-3-2-4-22(25)24(26)16-19-7-8-20(27)17-23(19)25;5-1(3(7)8)2(6)4(9)10/h5-10,17,22,24,27H,2-4,11-16H2,1H3;1-2,5-6H,(H,7,8)(H,9,10)/t22-,24-,25+;1-,2-/m01/s1. The van der Waals surface area contributed by atoms with Crippen molar-refractivity contribution in [2.45, 2.75) is 68.6 Å². The number of likely N-dealkylation sites (tertiary alicyclic amines) is 1. The number of phenolic OH excluding ortho intramolecular Hbond substituents is 1. The number of piperidine rings is 1. The average Bonchev–Trinajstić information content (AvgIpc) is 2.92. The Morgan fingerprint density at radius 3 is 2.34 bits per heavy atom. The molecule has 5 rings (SSSR count). The van der Waals surface area contributed by atoms with E-state index in [9.17, 15) is 14.7 Å². The minimum atomic E-state index is -2.27. The Morgan fingerprint density at radius 1 is 1.03 bits per heavy atom. The maximum absolute atomic E-state index is 10.2. The number of aliphatic hydroxyl groups excluding tert-OH is 2. The zero-order valence-electron chi connectivity index (χ0n) is 21.6. The Morgan fingerprint density at radius 2 is 1.71 bits per heavy atom. The lowest BCUT2D eigenvalue weighted by molar-refractivity contribution is -0.165. The van der Waals surface area contributed by atoms with E-state index in [2.05, 4.69) is 41.3 Å². The van der Waals surface area contributed by atoms with Gasteiger partial charge in [0, 0.05) is 18.0 Å². The zero-order chi connectivity index (χ0) is 27.4. The van der Waals surface area contributed by atoms with Gasteiger partial charge in [-0.15, -0.1) is 0 Å². The normalized spacial score (nSPS) is 25.6. The van der Waals surface area contributed by atoms with E-state index in [0.29, 0.717) is 17.2 Å². The molecule has 9 nitrogen and oxygen atoms in total. The Hall–Kier alpha value is -3.14. The van der Waals surface area contributed by atoms with Gasteiger partial charge in [-0.3, -0.25) is 4.90 Å². The number of fused-ring (bicyclic) bond motifs is 1. The summed E-state index contributed by atoms with van der Waals surface area (Å²) in [5.41, 5.74) is 4.66. The van der Waals surface area contributed by atoms with Crippen molar-refractivity contribution in [3.05, 3.63) is 59.2 Å². The molecule has 1 saturated heterocycles. The van der Waals surface area contributed by atoms with Crippen molar-refractivity contribution >= 4 is 11.9 Å². The second kappa shape index (κ2) is 11.7.